The number of rotatable bonds is 7. The van der Waals surface area contributed by atoms with Crippen LogP contribution in [-0.2, 0) is 29.0 Å². The van der Waals surface area contributed by atoms with Crippen molar-refractivity contribution in [3.8, 4) is 16.9 Å². The normalized spacial score (nSPS) is 18.0. The first-order chi connectivity index (χ1) is 19.9. The van der Waals surface area contributed by atoms with Gasteiger partial charge in [0, 0.05) is 29.0 Å². The quantitative estimate of drug-likeness (QED) is 0.211. The molecule has 43 heavy (non-hydrogen) atoms. The molecule has 0 spiro atoms. The van der Waals surface area contributed by atoms with Crippen LogP contribution in [0.2, 0.25) is 5.15 Å². The first kappa shape index (κ1) is 32.4. The van der Waals surface area contributed by atoms with E-state index >= 15 is 0 Å². The summed E-state index contributed by atoms with van der Waals surface area (Å²) in [5.74, 6) is 0.488. The lowest BCUT2D eigenvalue weighted by Crippen LogP contribution is -2.44. The molecule has 13 heteroatoms. The summed E-state index contributed by atoms with van der Waals surface area (Å²) in [7, 11) is 1.49. The van der Waals surface area contributed by atoms with Gasteiger partial charge in [0.2, 0.25) is 0 Å². The number of methoxy groups -OCH3 is 1. The number of alkyl halides is 6. The molecule has 6 nitrogen and oxygen atoms in total. The van der Waals surface area contributed by atoms with Gasteiger partial charge in [0.1, 0.15) is 17.0 Å². The van der Waals surface area contributed by atoms with E-state index in [9.17, 15) is 36.2 Å². The minimum Gasteiger partial charge on any atom is -0.496 e. The summed E-state index contributed by atoms with van der Waals surface area (Å²) in [4.78, 5) is 18.9. The number of nitrogens with zero attached hydrogens (tertiary/aromatic N) is 2. The van der Waals surface area contributed by atoms with Gasteiger partial charge >= 0.3 is 18.4 Å². The van der Waals surface area contributed by atoms with Crippen molar-refractivity contribution in [2.45, 2.75) is 63.7 Å². The molecule has 1 amide bonds. The van der Waals surface area contributed by atoms with E-state index in [1.54, 1.807) is 25.1 Å². The van der Waals surface area contributed by atoms with Crippen LogP contribution >= 0.6 is 11.6 Å². The third-order valence-corrected chi connectivity index (χ3v) is 7.68. The van der Waals surface area contributed by atoms with Gasteiger partial charge in [0.25, 0.3) is 0 Å². The second kappa shape index (κ2) is 11.9. The molecular weight excluding hydrogens is 602 g/mol. The van der Waals surface area contributed by atoms with E-state index in [0.29, 0.717) is 34.7 Å². The van der Waals surface area contributed by atoms with E-state index in [4.69, 9.17) is 21.1 Å². The maximum Gasteiger partial charge on any atom is 0.416 e. The van der Waals surface area contributed by atoms with Crippen LogP contribution in [-0.4, -0.2) is 40.8 Å². The number of hydrogen-bond donors (Lipinski definition) is 1. The molecule has 0 aliphatic carbocycles. The Bertz CT molecular complexity index is 1480. The first-order valence-corrected chi connectivity index (χ1v) is 13.5. The summed E-state index contributed by atoms with van der Waals surface area (Å²) in [5.41, 5.74) is -1.64. The second-order valence-corrected chi connectivity index (χ2v) is 11.4. The zero-order valence-electron chi connectivity index (χ0n) is 23.6. The number of amides is 1. The number of carbonyl (C=O) groups excluding carboxylic acids is 1. The van der Waals surface area contributed by atoms with Crippen molar-refractivity contribution in [2.75, 3.05) is 13.7 Å². The second-order valence-electron chi connectivity index (χ2n) is 11.0. The Kier molecular flexibility index (Phi) is 8.95. The Morgan fingerprint density at radius 1 is 0.977 bits per heavy atom. The van der Waals surface area contributed by atoms with Gasteiger partial charge in [-0.3, -0.25) is 4.90 Å². The number of aliphatic hydroxyl groups excluding tert-OH is 1. The smallest absolute Gasteiger partial charge is 0.416 e. The molecule has 1 aromatic heterocycles. The molecule has 1 saturated heterocycles. The van der Waals surface area contributed by atoms with Crippen molar-refractivity contribution in [2.24, 2.45) is 0 Å². The van der Waals surface area contributed by atoms with Gasteiger partial charge < -0.3 is 14.6 Å². The largest absolute Gasteiger partial charge is 0.496 e. The van der Waals surface area contributed by atoms with E-state index < -0.39 is 52.7 Å². The summed E-state index contributed by atoms with van der Waals surface area (Å²) in [6, 6.07) is 9.16. The summed E-state index contributed by atoms with van der Waals surface area (Å²) < 4.78 is 91.4. The fraction of sp³-hybridized carbons (Fsp3) is 0.400. The monoisotopic (exact) mass is 630 g/mol. The number of aromatic nitrogens is 1. The summed E-state index contributed by atoms with van der Waals surface area (Å²) in [5, 5.41) is 10.0. The Hall–Kier alpha value is -3.51. The first-order valence-electron chi connectivity index (χ1n) is 13.2. The van der Waals surface area contributed by atoms with Gasteiger partial charge in [-0.15, -0.1) is 0 Å². The maximum atomic E-state index is 13.4. The molecule has 2 aromatic carbocycles. The van der Waals surface area contributed by atoms with Crippen LogP contribution in [0.3, 0.4) is 0 Å². The summed E-state index contributed by atoms with van der Waals surface area (Å²) in [6.45, 7) is 5.09. The van der Waals surface area contributed by atoms with E-state index in [-0.39, 0.29) is 30.8 Å². The average molecular weight is 631 g/mol. The van der Waals surface area contributed by atoms with Gasteiger partial charge in [0.15, 0.2) is 0 Å². The Morgan fingerprint density at radius 2 is 1.60 bits per heavy atom. The highest BCUT2D eigenvalue weighted by atomic mass is 35.5. The molecule has 1 aliphatic heterocycles. The highest BCUT2D eigenvalue weighted by molar-refractivity contribution is 6.29. The van der Waals surface area contributed by atoms with Crippen LogP contribution in [0.1, 0.15) is 61.2 Å². The molecule has 232 valence electrons. The molecule has 1 fully saturated rings. The number of pyridine rings is 1. The molecule has 0 unspecified atom stereocenters. The van der Waals surface area contributed by atoms with Crippen molar-refractivity contribution in [3.05, 3.63) is 81.6 Å². The molecule has 0 radical (unpaired) electrons. The maximum absolute atomic E-state index is 13.4. The minimum atomic E-state index is -5.04. The highest BCUT2D eigenvalue weighted by Crippen LogP contribution is 2.41. The van der Waals surface area contributed by atoms with Crippen LogP contribution in [0, 0.1) is 0 Å². The molecule has 0 bridgehead atoms. The van der Waals surface area contributed by atoms with Crippen LogP contribution in [0.4, 0.5) is 31.1 Å². The average Bonchev–Trinajstić information content (AvgIpc) is 2.93. The number of benzene rings is 2. The van der Waals surface area contributed by atoms with E-state index in [1.165, 1.54) is 12.0 Å². The predicted octanol–water partition coefficient (Wildman–Crippen LogP) is 8.19. The fourth-order valence-corrected chi connectivity index (χ4v) is 5.04. The van der Waals surface area contributed by atoms with E-state index in [2.05, 4.69) is 4.98 Å². The zero-order chi connectivity index (χ0) is 31.9. The standard InChI is InChI=1S/C30H29ClF6N2O4/c1-16-9-25(17-10-19(29(32,33)34)12-20(11-17)30(35,36)37)43-27(41)39(16)14-23-21(6-8-26(31)38-23)22-13-18(28(2,3)15-40)5-7-24(22)42-4/h5-8,10-13,16,25,40H,9,14-15H2,1-4H3/t16-,25-/m0/s1. The third-order valence-electron chi connectivity index (χ3n) is 7.47. The molecule has 2 atom stereocenters. The number of carbonyl (C=O) groups is 1. The predicted molar refractivity (Wildman–Crippen MR) is 147 cm³/mol. The fourth-order valence-electron chi connectivity index (χ4n) is 4.88. The lowest BCUT2D eigenvalue weighted by molar-refractivity contribution is -0.143. The number of ether oxygens (including phenoxy) is 2. The van der Waals surface area contributed by atoms with Crippen LogP contribution < -0.4 is 4.74 Å². The lowest BCUT2D eigenvalue weighted by atomic mass is 9.83. The van der Waals surface area contributed by atoms with Crippen molar-refractivity contribution < 1.29 is 45.7 Å². The summed E-state index contributed by atoms with van der Waals surface area (Å²) in [6.07, 6.45) is -12.4. The van der Waals surface area contributed by atoms with Gasteiger partial charge in [-0.05, 0) is 60.5 Å². The molecule has 0 saturated carbocycles. The van der Waals surface area contributed by atoms with E-state index in [1.807, 2.05) is 26.0 Å². The topological polar surface area (TPSA) is 71.9 Å². The minimum absolute atomic E-state index is 0.0289. The molecular formula is C30H29ClF6N2O4. The Labute approximate surface area is 249 Å². The Balaban J connectivity index is 1.68. The lowest BCUT2D eigenvalue weighted by Gasteiger charge is -2.37. The Morgan fingerprint density at radius 3 is 2.14 bits per heavy atom. The number of aliphatic hydroxyl groups is 1. The van der Waals surface area contributed by atoms with Gasteiger partial charge in [-0.1, -0.05) is 31.5 Å². The zero-order valence-corrected chi connectivity index (χ0v) is 24.4. The van der Waals surface area contributed by atoms with Crippen molar-refractivity contribution in [1.82, 2.24) is 9.88 Å². The van der Waals surface area contributed by atoms with Crippen LogP contribution in [0.5, 0.6) is 5.75 Å². The van der Waals surface area contributed by atoms with Gasteiger partial charge in [-0.2, -0.15) is 26.3 Å². The number of halogens is 7. The van der Waals surface area contributed by atoms with Crippen molar-refractivity contribution >= 4 is 17.7 Å². The van der Waals surface area contributed by atoms with Crippen molar-refractivity contribution in [3.63, 3.8) is 0 Å². The molecule has 2 heterocycles. The molecule has 1 N–H and O–H groups in total. The van der Waals surface area contributed by atoms with E-state index in [0.717, 1.165) is 5.56 Å². The van der Waals surface area contributed by atoms with Crippen LogP contribution in [0.15, 0.2) is 48.5 Å². The third kappa shape index (κ3) is 7.01. The van der Waals surface area contributed by atoms with Gasteiger partial charge in [-0.25, -0.2) is 9.78 Å². The SMILES string of the molecule is COc1ccc(C(C)(C)CO)cc1-c1ccc(Cl)nc1CN1C(=O)O[C@H](c2cc(C(F)(F)F)cc(C(F)(F)F)c2)C[C@@H]1C. The van der Waals surface area contributed by atoms with Crippen LogP contribution in [0.25, 0.3) is 11.1 Å². The number of cyclic esters (lactones) is 1. The number of hydrogen-bond acceptors (Lipinski definition) is 5. The van der Waals surface area contributed by atoms with Gasteiger partial charge in [0.05, 0.1) is 37.1 Å². The molecule has 3 aromatic rings. The molecule has 1 aliphatic rings. The highest BCUT2D eigenvalue weighted by Gasteiger charge is 2.40. The summed E-state index contributed by atoms with van der Waals surface area (Å²) >= 11 is 6.21. The van der Waals surface area contributed by atoms with Crippen molar-refractivity contribution in [1.29, 1.82) is 0 Å². The molecule has 4 rings (SSSR count).